The van der Waals surface area contributed by atoms with Crippen LogP contribution in [0, 0.1) is 5.92 Å². The van der Waals surface area contributed by atoms with Crippen LogP contribution in [0.15, 0.2) is 24.3 Å². The average Bonchev–Trinajstić information content (AvgIpc) is 2.56. The summed E-state index contributed by atoms with van der Waals surface area (Å²) < 4.78 is 5.23. The molecule has 24 heavy (non-hydrogen) atoms. The first kappa shape index (κ1) is 20.3. The highest BCUT2D eigenvalue weighted by Crippen LogP contribution is 2.26. The van der Waals surface area contributed by atoms with E-state index in [9.17, 15) is 14.7 Å². The van der Waals surface area contributed by atoms with Crippen molar-refractivity contribution in [2.75, 3.05) is 25.5 Å². The van der Waals surface area contributed by atoms with Crippen molar-refractivity contribution in [3.8, 4) is 5.75 Å². The lowest BCUT2D eigenvalue weighted by atomic mass is 9.94. The minimum absolute atomic E-state index is 0. The number of piperidine rings is 1. The first-order valence-corrected chi connectivity index (χ1v) is 7.97. The molecule has 0 spiro atoms. The Kier molecular flexibility index (Phi) is 8.01. The highest BCUT2D eigenvalue weighted by Gasteiger charge is 2.31. The summed E-state index contributed by atoms with van der Waals surface area (Å²) in [4.78, 5) is 25.6. The molecular weight excluding hydrogens is 332 g/mol. The predicted octanol–water partition coefficient (Wildman–Crippen LogP) is 2.63. The molecule has 1 aliphatic heterocycles. The molecule has 1 atom stereocenters. The number of hydrogen-bond donors (Lipinski definition) is 2. The molecule has 1 unspecified atom stereocenters. The molecule has 0 bridgehead atoms. The first-order chi connectivity index (χ1) is 11.1. The lowest BCUT2D eigenvalue weighted by Gasteiger charge is -2.34. The number of carbonyl (C=O) groups is 2. The van der Waals surface area contributed by atoms with Gasteiger partial charge in [-0.05, 0) is 44.5 Å². The number of ether oxygens (including phenoxy) is 1. The van der Waals surface area contributed by atoms with Gasteiger partial charge in [-0.2, -0.15) is 0 Å². The van der Waals surface area contributed by atoms with E-state index in [4.69, 9.17) is 4.74 Å². The van der Waals surface area contributed by atoms with Crippen LogP contribution >= 0.6 is 12.4 Å². The zero-order chi connectivity index (χ0) is 16.8. The second kappa shape index (κ2) is 9.49. The van der Waals surface area contributed by atoms with Crippen LogP contribution < -0.4 is 10.1 Å². The van der Waals surface area contributed by atoms with Crippen LogP contribution in [0.1, 0.15) is 26.2 Å². The Morgan fingerprint density at radius 2 is 1.96 bits per heavy atom. The maximum absolute atomic E-state index is 12.4. The summed E-state index contributed by atoms with van der Waals surface area (Å²) in [6.07, 6.45) is 1.92. The predicted molar refractivity (Wildman–Crippen MR) is 94.9 cm³/mol. The SMILES string of the molecule is CCC(C(=O)O)N1CCC(C(=O)Nc2ccccc2OC)CC1.Cl. The summed E-state index contributed by atoms with van der Waals surface area (Å²) in [5.74, 6) is -0.278. The summed E-state index contributed by atoms with van der Waals surface area (Å²) in [6.45, 7) is 3.14. The second-order valence-electron chi connectivity index (χ2n) is 5.76. The van der Waals surface area contributed by atoms with E-state index in [1.54, 1.807) is 13.2 Å². The van der Waals surface area contributed by atoms with E-state index in [-0.39, 0.29) is 24.2 Å². The molecule has 1 aromatic rings. The number of aliphatic carboxylic acids is 1. The molecule has 1 saturated heterocycles. The molecule has 7 heteroatoms. The number of nitrogens with one attached hydrogen (secondary N) is 1. The largest absolute Gasteiger partial charge is 0.495 e. The maximum Gasteiger partial charge on any atom is 0.320 e. The van der Waals surface area contributed by atoms with Gasteiger partial charge in [0.2, 0.25) is 5.91 Å². The topological polar surface area (TPSA) is 78.9 Å². The van der Waals surface area contributed by atoms with Gasteiger partial charge in [-0.25, -0.2) is 0 Å². The van der Waals surface area contributed by atoms with Gasteiger partial charge in [-0.3, -0.25) is 14.5 Å². The molecule has 0 aromatic heterocycles. The minimum atomic E-state index is -0.788. The first-order valence-electron chi connectivity index (χ1n) is 7.97. The molecule has 2 rings (SSSR count). The number of benzene rings is 1. The number of carboxylic acids is 1. The number of amides is 1. The third-order valence-electron chi connectivity index (χ3n) is 4.38. The third-order valence-corrected chi connectivity index (χ3v) is 4.38. The Labute approximate surface area is 148 Å². The number of nitrogens with zero attached hydrogens (tertiary/aromatic N) is 1. The van der Waals surface area contributed by atoms with Crippen molar-refractivity contribution in [1.82, 2.24) is 4.90 Å². The van der Waals surface area contributed by atoms with Crippen molar-refractivity contribution in [3.63, 3.8) is 0 Å². The Morgan fingerprint density at radius 1 is 1.33 bits per heavy atom. The number of methoxy groups -OCH3 is 1. The van der Waals surface area contributed by atoms with E-state index >= 15 is 0 Å². The molecule has 0 saturated carbocycles. The summed E-state index contributed by atoms with van der Waals surface area (Å²) in [7, 11) is 1.57. The van der Waals surface area contributed by atoms with Gasteiger partial charge in [0.25, 0.3) is 0 Å². The molecule has 0 aliphatic carbocycles. The van der Waals surface area contributed by atoms with E-state index in [0.29, 0.717) is 43.8 Å². The normalized spacial score (nSPS) is 16.8. The Balaban J connectivity index is 0.00000288. The Bertz CT molecular complexity index is 559. The van der Waals surface area contributed by atoms with Crippen molar-refractivity contribution >= 4 is 30.0 Å². The van der Waals surface area contributed by atoms with Crippen LogP contribution in [0.5, 0.6) is 5.75 Å². The lowest BCUT2D eigenvalue weighted by molar-refractivity contribution is -0.144. The minimum Gasteiger partial charge on any atom is -0.495 e. The second-order valence-corrected chi connectivity index (χ2v) is 5.76. The van der Waals surface area contributed by atoms with Crippen molar-refractivity contribution in [1.29, 1.82) is 0 Å². The fourth-order valence-corrected chi connectivity index (χ4v) is 3.05. The number of carboxylic acid groups (broad SMARTS) is 1. The summed E-state index contributed by atoms with van der Waals surface area (Å²) in [6, 6.07) is 6.86. The molecule has 1 amide bonds. The van der Waals surface area contributed by atoms with Gasteiger partial charge in [0.15, 0.2) is 0 Å². The fourth-order valence-electron chi connectivity index (χ4n) is 3.05. The van der Waals surface area contributed by atoms with Gasteiger partial charge in [-0.1, -0.05) is 19.1 Å². The third kappa shape index (κ3) is 4.85. The smallest absolute Gasteiger partial charge is 0.320 e. The highest BCUT2D eigenvalue weighted by atomic mass is 35.5. The molecule has 134 valence electrons. The van der Waals surface area contributed by atoms with Gasteiger partial charge >= 0.3 is 5.97 Å². The lowest BCUT2D eigenvalue weighted by Crippen LogP contribution is -2.46. The van der Waals surface area contributed by atoms with E-state index in [1.165, 1.54) is 0 Å². The van der Waals surface area contributed by atoms with Crippen LogP contribution in [-0.2, 0) is 9.59 Å². The molecule has 1 heterocycles. The van der Waals surface area contributed by atoms with Gasteiger partial charge in [0, 0.05) is 5.92 Å². The number of carbonyl (C=O) groups excluding carboxylic acids is 1. The van der Waals surface area contributed by atoms with E-state index in [0.717, 1.165) is 0 Å². The van der Waals surface area contributed by atoms with Crippen molar-refractivity contribution in [2.45, 2.75) is 32.2 Å². The molecule has 6 nitrogen and oxygen atoms in total. The summed E-state index contributed by atoms with van der Waals surface area (Å²) in [5, 5.41) is 12.1. The monoisotopic (exact) mass is 356 g/mol. The molecule has 1 aromatic carbocycles. The highest BCUT2D eigenvalue weighted by molar-refractivity contribution is 5.94. The van der Waals surface area contributed by atoms with Gasteiger partial charge in [-0.15, -0.1) is 12.4 Å². The van der Waals surface area contributed by atoms with Crippen molar-refractivity contribution in [2.24, 2.45) is 5.92 Å². The summed E-state index contributed by atoms with van der Waals surface area (Å²) >= 11 is 0. The number of halogens is 1. The molecule has 0 radical (unpaired) electrons. The zero-order valence-corrected chi connectivity index (χ0v) is 14.8. The van der Waals surface area contributed by atoms with E-state index in [1.807, 2.05) is 30.0 Å². The molecule has 1 fully saturated rings. The fraction of sp³-hybridized carbons (Fsp3) is 0.529. The van der Waals surface area contributed by atoms with Crippen LogP contribution in [0.25, 0.3) is 0 Å². The average molecular weight is 357 g/mol. The van der Waals surface area contributed by atoms with Gasteiger partial charge < -0.3 is 15.2 Å². The number of rotatable bonds is 6. The number of anilines is 1. The number of hydrogen-bond acceptors (Lipinski definition) is 4. The standard InChI is InChI=1S/C17H24N2O4.ClH/c1-3-14(17(21)22)19-10-8-12(9-11-19)16(20)18-13-6-4-5-7-15(13)23-2;/h4-7,12,14H,3,8-11H2,1-2H3,(H,18,20)(H,21,22);1H. The van der Waals surface area contributed by atoms with Crippen LogP contribution in [0.4, 0.5) is 5.69 Å². The van der Waals surface area contributed by atoms with Crippen LogP contribution in [0.2, 0.25) is 0 Å². The van der Waals surface area contributed by atoms with E-state index in [2.05, 4.69) is 5.32 Å². The summed E-state index contributed by atoms with van der Waals surface area (Å²) in [5.41, 5.74) is 0.666. The van der Waals surface area contributed by atoms with E-state index < -0.39 is 12.0 Å². The van der Waals surface area contributed by atoms with Gasteiger partial charge in [0.05, 0.1) is 12.8 Å². The molecule has 2 N–H and O–H groups in total. The number of para-hydroxylation sites is 2. The van der Waals surface area contributed by atoms with Crippen LogP contribution in [0.3, 0.4) is 0 Å². The Morgan fingerprint density at radius 3 is 2.50 bits per heavy atom. The van der Waals surface area contributed by atoms with Crippen molar-refractivity contribution < 1.29 is 19.4 Å². The van der Waals surface area contributed by atoms with Crippen molar-refractivity contribution in [3.05, 3.63) is 24.3 Å². The quantitative estimate of drug-likeness (QED) is 0.819. The van der Waals surface area contributed by atoms with Crippen LogP contribution in [-0.4, -0.2) is 48.1 Å². The Hall–Kier alpha value is -1.79. The molecule has 1 aliphatic rings. The zero-order valence-electron chi connectivity index (χ0n) is 14.0. The number of likely N-dealkylation sites (tertiary alicyclic amines) is 1. The maximum atomic E-state index is 12.4. The molecular formula is C17H25ClN2O4. The van der Waals surface area contributed by atoms with Gasteiger partial charge in [0.1, 0.15) is 11.8 Å².